The summed E-state index contributed by atoms with van der Waals surface area (Å²) in [6.07, 6.45) is 0. The quantitative estimate of drug-likeness (QED) is 0.115. The first-order valence-corrected chi connectivity index (χ1v) is 16.7. The van der Waals surface area contributed by atoms with Crippen LogP contribution < -0.4 is 10.6 Å². The number of rotatable bonds is 11. The van der Waals surface area contributed by atoms with Gasteiger partial charge in [-0.05, 0) is 35.9 Å². The van der Waals surface area contributed by atoms with Gasteiger partial charge < -0.3 is 25.2 Å². The van der Waals surface area contributed by atoms with Crippen LogP contribution in [-0.4, -0.2) is 103 Å². The highest BCUT2D eigenvalue weighted by molar-refractivity contribution is 8.20. The molecule has 3 heterocycles. The average molecular weight is 685 g/mol. The number of carbonyl (C=O) groups is 6. The average Bonchev–Trinajstić information content (AvgIpc) is 3.43. The van der Waals surface area contributed by atoms with Gasteiger partial charge in [0.25, 0.3) is 5.69 Å². The monoisotopic (exact) mass is 684 g/mol. The Hall–Kier alpha value is -4.64. The summed E-state index contributed by atoms with van der Waals surface area (Å²) in [4.78, 5) is 92.4. The number of hydrogen-bond donors (Lipinski definition) is 2. The number of likely N-dealkylation sites (N-methyl/N-ethyl adjacent to an activating group) is 1. The van der Waals surface area contributed by atoms with Crippen molar-refractivity contribution in [2.24, 2.45) is 0 Å². The molecule has 0 aliphatic carbocycles. The van der Waals surface area contributed by atoms with E-state index in [2.05, 4.69) is 10.6 Å². The van der Waals surface area contributed by atoms with Crippen LogP contribution in [0.25, 0.3) is 0 Å². The number of urea groups is 1. The molecule has 0 radical (unpaired) electrons. The fraction of sp³-hybridized carbons (Fsp3) is 0.400. The number of piperazine rings is 1. The summed E-state index contributed by atoms with van der Waals surface area (Å²) in [5.74, 6) is -2.98. The van der Waals surface area contributed by atoms with Crippen molar-refractivity contribution >= 4 is 64.8 Å². The van der Waals surface area contributed by atoms with Gasteiger partial charge in [0.05, 0.1) is 11.5 Å². The number of β-lactam (4-membered cyclic amide) rings is 1. The van der Waals surface area contributed by atoms with Gasteiger partial charge in [-0.25, -0.2) is 9.59 Å². The zero-order valence-electron chi connectivity index (χ0n) is 25.5. The second-order valence-electron chi connectivity index (χ2n) is 10.8. The number of nitro benzene ring substituents is 1. The van der Waals surface area contributed by atoms with E-state index in [9.17, 15) is 38.9 Å². The molecule has 2 aromatic rings. The van der Waals surface area contributed by atoms with Crippen LogP contribution in [0.4, 0.5) is 10.5 Å². The van der Waals surface area contributed by atoms with E-state index in [1.54, 1.807) is 37.3 Å². The van der Waals surface area contributed by atoms with Crippen LogP contribution in [0.3, 0.4) is 0 Å². The largest absolute Gasteiger partial charge is 0.459 e. The summed E-state index contributed by atoms with van der Waals surface area (Å²) in [6, 6.07) is 10.7. The summed E-state index contributed by atoms with van der Waals surface area (Å²) in [5.41, 5.74) is 0.853. The fourth-order valence-corrected chi connectivity index (χ4v) is 8.60. The molecule has 0 aromatic heterocycles. The van der Waals surface area contributed by atoms with Crippen molar-refractivity contribution in [3.05, 3.63) is 75.8 Å². The van der Waals surface area contributed by atoms with Crippen molar-refractivity contribution in [1.29, 1.82) is 0 Å². The molecule has 0 spiro atoms. The van der Waals surface area contributed by atoms with Gasteiger partial charge in [0.1, 0.15) is 24.1 Å². The Bertz CT molecular complexity index is 1590. The number of esters is 1. The zero-order valence-corrected chi connectivity index (χ0v) is 27.1. The summed E-state index contributed by atoms with van der Waals surface area (Å²) in [5, 5.41) is 15.6. The highest BCUT2D eigenvalue weighted by Crippen LogP contribution is 2.53. The van der Waals surface area contributed by atoms with Gasteiger partial charge in [-0.3, -0.25) is 34.2 Å². The lowest BCUT2D eigenvalue weighted by molar-refractivity contribution is -0.384. The Balaban J connectivity index is 1.26. The van der Waals surface area contributed by atoms with Gasteiger partial charge in [0.15, 0.2) is 4.08 Å². The summed E-state index contributed by atoms with van der Waals surface area (Å²) < 4.78 is 4.42. The minimum Gasteiger partial charge on any atom is -0.459 e. The molecule has 2 aromatic carbocycles. The van der Waals surface area contributed by atoms with E-state index in [1.807, 2.05) is 6.92 Å². The Labute approximate surface area is 277 Å². The molecule has 15 nitrogen and oxygen atoms in total. The molecule has 3 aliphatic rings. The van der Waals surface area contributed by atoms with Gasteiger partial charge in [-0.2, -0.15) is 0 Å². The lowest BCUT2D eigenvalue weighted by Gasteiger charge is -2.42. The maximum absolute atomic E-state index is 13.7. The van der Waals surface area contributed by atoms with E-state index >= 15 is 0 Å². The maximum Gasteiger partial charge on any atom is 0.334 e. The van der Waals surface area contributed by atoms with E-state index in [1.165, 1.54) is 57.6 Å². The number of amides is 6. The minimum atomic E-state index is -1.30. The second kappa shape index (κ2) is 14.0. The number of fused-ring (bicyclic) bond motifs is 1. The Morgan fingerprint density at radius 1 is 1.06 bits per heavy atom. The number of benzene rings is 2. The first-order valence-electron chi connectivity index (χ1n) is 14.8. The highest BCUT2D eigenvalue weighted by atomic mass is 32.2. The Morgan fingerprint density at radius 3 is 2.40 bits per heavy atom. The number of carbonyl (C=O) groups excluding carboxylic acids is 6. The van der Waals surface area contributed by atoms with Crippen LogP contribution in [0.1, 0.15) is 31.0 Å². The molecule has 0 saturated carbocycles. The predicted octanol–water partition coefficient (Wildman–Crippen LogP) is 1.63. The van der Waals surface area contributed by atoms with E-state index in [0.717, 1.165) is 4.90 Å². The van der Waals surface area contributed by atoms with E-state index in [4.69, 9.17) is 4.74 Å². The maximum atomic E-state index is 13.7. The van der Waals surface area contributed by atoms with E-state index in [0.29, 0.717) is 23.4 Å². The van der Waals surface area contributed by atoms with Gasteiger partial charge in [0, 0.05) is 31.8 Å². The van der Waals surface area contributed by atoms with Crippen molar-refractivity contribution in [3.8, 4) is 0 Å². The van der Waals surface area contributed by atoms with Crippen molar-refractivity contribution in [1.82, 2.24) is 25.3 Å². The lowest BCUT2D eigenvalue weighted by atomic mass is 10.0. The topological polar surface area (TPSA) is 189 Å². The van der Waals surface area contributed by atoms with Crippen LogP contribution >= 0.6 is 23.5 Å². The number of ether oxygens (including phenoxy) is 1. The molecule has 17 heteroatoms. The van der Waals surface area contributed by atoms with Crippen molar-refractivity contribution < 1.29 is 38.4 Å². The van der Waals surface area contributed by atoms with Crippen molar-refractivity contribution in [3.63, 3.8) is 0 Å². The molecule has 3 fully saturated rings. The summed E-state index contributed by atoms with van der Waals surface area (Å²) >= 11 is 2.49. The van der Waals surface area contributed by atoms with Crippen LogP contribution in [-0.2, 0) is 35.3 Å². The standard InChI is InChI=1S/C30H32N6O9S2/c1-3-33-14-15-34(26(40)25(33)39)29(42)32-21(19-8-6-5-7-9-19)23(37)31-22-24(38)35-17-30(46-4-2,47-27(22)35)28(41)45-16-18-10-12-20(13-11-18)36(43)44/h5-13,21-22,27H,3-4,14-17H2,1-2H3,(H,31,37)(H,32,42)/t21-,22-,27-,30-/m1/s1. The third-order valence-electron chi connectivity index (χ3n) is 7.93. The Morgan fingerprint density at radius 2 is 1.77 bits per heavy atom. The zero-order chi connectivity index (χ0) is 33.9. The molecule has 3 saturated heterocycles. The molecule has 248 valence electrons. The number of thioether (sulfide) groups is 2. The summed E-state index contributed by atoms with van der Waals surface area (Å²) in [7, 11) is 0. The number of nitrogens with one attached hydrogen (secondary N) is 2. The molecule has 5 rings (SSSR count). The van der Waals surface area contributed by atoms with Crippen LogP contribution in [0.5, 0.6) is 0 Å². The predicted molar refractivity (Wildman–Crippen MR) is 170 cm³/mol. The molecule has 4 atom stereocenters. The summed E-state index contributed by atoms with van der Waals surface area (Å²) in [6.45, 7) is 3.94. The lowest BCUT2D eigenvalue weighted by Crippen LogP contribution is -2.68. The first kappa shape index (κ1) is 33.7. The first-order chi connectivity index (χ1) is 22.5. The number of nitro groups is 1. The molecule has 0 bridgehead atoms. The van der Waals surface area contributed by atoms with Gasteiger partial charge in [-0.15, -0.1) is 23.5 Å². The van der Waals surface area contributed by atoms with Crippen molar-refractivity contribution in [2.75, 3.05) is 31.9 Å². The number of hydrogen-bond acceptors (Lipinski definition) is 11. The second-order valence-corrected chi connectivity index (χ2v) is 14.0. The van der Waals surface area contributed by atoms with Gasteiger partial charge >= 0.3 is 23.8 Å². The molecule has 2 N–H and O–H groups in total. The van der Waals surface area contributed by atoms with E-state index in [-0.39, 0.29) is 31.9 Å². The third kappa shape index (κ3) is 6.76. The van der Waals surface area contributed by atoms with Crippen LogP contribution in [0.2, 0.25) is 0 Å². The number of non-ortho nitro benzene ring substituents is 1. The number of imide groups is 1. The normalized spacial score (nSPS) is 22.7. The van der Waals surface area contributed by atoms with E-state index < -0.39 is 62.1 Å². The SMILES string of the molecule is CCS[C@]1(C(=O)OCc2ccc([N+](=O)[O-])cc2)CN2C(=O)[C@@H](NC(=O)[C@H](NC(=O)N3CCN(CC)C(=O)C3=O)c3ccccc3)[C@H]2S1. The highest BCUT2D eigenvalue weighted by Gasteiger charge is 2.63. The number of nitrogens with zero attached hydrogens (tertiary/aromatic N) is 4. The molecular weight excluding hydrogens is 652 g/mol. The molecule has 47 heavy (non-hydrogen) atoms. The van der Waals surface area contributed by atoms with Gasteiger partial charge in [-0.1, -0.05) is 37.3 Å². The molecular formula is C30H32N6O9S2. The molecule has 3 aliphatic heterocycles. The third-order valence-corrected chi connectivity index (χ3v) is 11.1. The minimum absolute atomic E-state index is 0.0420. The van der Waals surface area contributed by atoms with Crippen LogP contribution in [0.15, 0.2) is 54.6 Å². The van der Waals surface area contributed by atoms with Crippen LogP contribution in [0, 0.1) is 10.1 Å². The smallest absolute Gasteiger partial charge is 0.334 e. The fourth-order valence-electron chi connectivity index (χ4n) is 5.42. The molecule has 0 unspecified atom stereocenters. The molecule has 6 amide bonds. The van der Waals surface area contributed by atoms with Gasteiger partial charge in [0.2, 0.25) is 11.8 Å². The van der Waals surface area contributed by atoms with Crippen molar-refractivity contribution in [2.45, 2.75) is 42.0 Å². The Kier molecular flexibility index (Phi) is 10.0.